The van der Waals surface area contributed by atoms with Crippen LogP contribution in [0.15, 0.2) is 22.7 Å². The summed E-state index contributed by atoms with van der Waals surface area (Å²) in [6.45, 7) is 2.80. The van der Waals surface area contributed by atoms with Gasteiger partial charge in [-0.2, -0.15) is 0 Å². The molecule has 0 spiro atoms. The molecule has 2 atom stereocenters. The molecular weight excluding hydrogens is 328 g/mol. The van der Waals surface area contributed by atoms with Crippen LogP contribution in [0, 0.1) is 5.92 Å². The quantitative estimate of drug-likeness (QED) is 0.850. The summed E-state index contributed by atoms with van der Waals surface area (Å²) in [7, 11) is 0. The molecule has 0 saturated carbocycles. The Morgan fingerprint density at radius 3 is 3.05 bits per heavy atom. The molecule has 0 aromatic heterocycles. The largest absolute Gasteiger partial charge is 0.338 e. The Morgan fingerprint density at radius 1 is 1.42 bits per heavy atom. The molecule has 1 amide bonds. The number of hydrogen-bond donors (Lipinski definition) is 1. The summed E-state index contributed by atoms with van der Waals surface area (Å²) in [5, 5.41) is 4.15. The summed E-state index contributed by atoms with van der Waals surface area (Å²) in [4.78, 5) is 14.5. The summed E-state index contributed by atoms with van der Waals surface area (Å²) in [5.41, 5.74) is 0.709. The first-order valence-corrected chi connectivity index (χ1v) is 7.80. The summed E-state index contributed by atoms with van der Waals surface area (Å²) in [5.74, 6) is 0.733. The van der Waals surface area contributed by atoms with E-state index in [1.165, 1.54) is 6.42 Å². The van der Waals surface area contributed by atoms with Gasteiger partial charge in [-0.3, -0.25) is 4.79 Å². The zero-order valence-corrected chi connectivity index (χ0v) is 12.9. The second-order valence-electron chi connectivity index (χ2n) is 5.28. The molecule has 2 heterocycles. The molecule has 1 aromatic carbocycles. The van der Waals surface area contributed by atoms with Crippen molar-refractivity contribution < 1.29 is 4.79 Å². The number of halogens is 2. The van der Waals surface area contributed by atoms with Gasteiger partial charge in [-0.1, -0.05) is 11.6 Å². The molecule has 2 fully saturated rings. The number of fused-ring (bicyclic) bond motifs is 1. The Labute approximate surface area is 126 Å². The molecule has 0 radical (unpaired) electrons. The van der Waals surface area contributed by atoms with E-state index in [-0.39, 0.29) is 5.91 Å². The van der Waals surface area contributed by atoms with Crippen molar-refractivity contribution >= 4 is 33.4 Å². The van der Waals surface area contributed by atoms with Crippen LogP contribution in [0.2, 0.25) is 5.02 Å². The van der Waals surface area contributed by atoms with Gasteiger partial charge in [-0.05, 0) is 59.4 Å². The van der Waals surface area contributed by atoms with Gasteiger partial charge in [-0.25, -0.2) is 0 Å². The van der Waals surface area contributed by atoms with E-state index in [1.807, 2.05) is 11.0 Å². The zero-order chi connectivity index (χ0) is 13.4. The molecule has 19 heavy (non-hydrogen) atoms. The summed E-state index contributed by atoms with van der Waals surface area (Å²) in [6, 6.07) is 5.99. The Balaban J connectivity index is 1.74. The van der Waals surface area contributed by atoms with E-state index in [0.29, 0.717) is 22.5 Å². The number of carbonyl (C=O) groups excluding carboxylic acids is 1. The van der Waals surface area contributed by atoms with E-state index in [1.54, 1.807) is 12.1 Å². The van der Waals surface area contributed by atoms with Gasteiger partial charge in [0.1, 0.15) is 0 Å². The Kier molecular flexibility index (Phi) is 3.83. The molecule has 0 bridgehead atoms. The lowest BCUT2D eigenvalue weighted by molar-refractivity contribution is 0.0662. The number of piperidine rings is 1. The number of carbonyl (C=O) groups is 1. The van der Waals surface area contributed by atoms with Crippen LogP contribution in [0.5, 0.6) is 0 Å². The van der Waals surface area contributed by atoms with Gasteiger partial charge < -0.3 is 10.2 Å². The van der Waals surface area contributed by atoms with Crippen molar-refractivity contribution in [2.75, 3.05) is 19.6 Å². The molecule has 1 aromatic rings. The maximum atomic E-state index is 12.5. The minimum Gasteiger partial charge on any atom is -0.338 e. The van der Waals surface area contributed by atoms with Crippen LogP contribution >= 0.6 is 27.5 Å². The lowest BCUT2D eigenvalue weighted by Gasteiger charge is -2.35. The first-order valence-electron chi connectivity index (χ1n) is 6.63. The predicted octanol–water partition coefficient (Wildman–Crippen LogP) is 2.93. The van der Waals surface area contributed by atoms with Crippen molar-refractivity contribution in [3.8, 4) is 0 Å². The Hall–Kier alpha value is -0.580. The number of nitrogens with zero attached hydrogens (tertiary/aromatic N) is 1. The van der Waals surface area contributed by atoms with E-state index in [0.717, 1.165) is 30.5 Å². The van der Waals surface area contributed by atoms with E-state index < -0.39 is 0 Å². The molecule has 102 valence electrons. The van der Waals surface area contributed by atoms with Gasteiger partial charge >= 0.3 is 0 Å². The van der Waals surface area contributed by atoms with Crippen LogP contribution in [0.1, 0.15) is 23.2 Å². The molecule has 1 N–H and O–H groups in total. The SMILES string of the molecule is O=C(c1ccc(Cl)c(Br)c1)N1CCC2NCCC2C1. The summed E-state index contributed by atoms with van der Waals surface area (Å²) in [6.07, 6.45) is 2.24. The second kappa shape index (κ2) is 5.43. The van der Waals surface area contributed by atoms with E-state index in [9.17, 15) is 4.79 Å². The van der Waals surface area contributed by atoms with E-state index >= 15 is 0 Å². The molecule has 0 aliphatic carbocycles. The fourth-order valence-corrected chi connectivity index (χ4v) is 3.54. The highest BCUT2D eigenvalue weighted by molar-refractivity contribution is 9.10. The van der Waals surface area contributed by atoms with Gasteiger partial charge in [0, 0.05) is 29.2 Å². The molecule has 5 heteroatoms. The molecule has 3 nitrogen and oxygen atoms in total. The van der Waals surface area contributed by atoms with Gasteiger partial charge in [-0.15, -0.1) is 0 Å². The third kappa shape index (κ3) is 2.67. The summed E-state index contributed by atoms with van der Waals surface area (Å²) >= 11 is 9.33. The van der Waals surface area contributed by atoms with Gasteiger partial charge in [0.25, 0.3) is 5.91 Å². The number of amides is 1. The molecule has 2 saturated heterocycles. The standard InChI is InChI=1S/C14H16BrClN2O/c15-11-7-9(1-2-12(11)16)14(19)18-6-4-13-10(8-18)3-5-17-13/h1-2,7,10,13,17H,3-6,8H2. The smallest absolute Gasteiger partial charge is 0.253 e. The Bertz CT molecular complexity index is 508. The Morgan fingerprint density at radius 2 is 2.26 bits per heavy atom. The molecule has 2 unspecified atom stereocenters. The fraction of sp³-hybridized carbons (Fsp3) is 0.500. The topological polar surface area (TPSA) is 32.3 Å². The van der Waals surface area contributed by atoms with Crippen LogP contribution in [-0.4, -0.2) is 36.5 Å². The number of nitrogens with one attached hydrogen (secondary N) is 1. The van der Waals surface area contributed by atoms with Crippen molar-refractivity contribution in [1.82, 2.24) is 10.2 Å². The third-order valence-electron chi connectivity index (χ3n) is 4.11. The summed E-state index contributed by atoms with van der Waals surface area (Å²) < 4.78 is 0.775. The zero-order valence-electron chi connectivity index (χ0n) is 10.5. The third-order valence-corrected chi connectivity index (χ3v) is 5.32. The van der Waals surface area contributed by atoms with E-state index in [2.05, 4.69) is 21.2 Å². The highest BCUT2D eigenvalue weighted by Gasteiger charge is 2.34. The first kappa shape index (κ1) is 13.4. The van der Waals surface area contributed by atoms with E-state index in [4.69, 9.17) is 11.6 Å². The average Bonchev–Trinajstić information content (AvgIpc) is 2.88. The van der Waals surface area contributed by atoms with Gasteiger partial charge in [0.15, 0.2) is 0 Å². The average molecular weight is 344 g/mol. The first-order chi connectivity index (χ1) is 9.15. The van der Waals surface area contributed by atoms with Crippen LogP contribution in [0.25, 0.3) is 0 Å². The van der Waals surface area contributed by atoms with Crippen LogP contribution < -0.4 is 5.32 Å². The van der Waals surface area contributed by atoms with Gasteiger partial charge in [0.05, 0.1) is 5.02 Å². The molecule has 2 aliphatic heterocycles. The lowest BCUT2D eigenvalue weighted by Crippen LogP contribution is -2.46. The van der Waals surface area contributed by atoms with Crippen molar-refractivity contribution in [3.63, 3.8) is 0 Å². The highest BCUT2D eigenvalue weighted by atomic mass is 79.9. The minimum atomic E-state index is 0.114. The van der Waals surface area contributed by atoms with Crippen LogP contribution in [-0.2, 0) is 0 Å². The highest BCUT2D eigenvalue weighted by Crippen LogP contribution is 2.27. The van der Waals surface area contributed by atoms with Crippen molar-refractivity contribution in [2.24, 2.45) is 5.92 Å². The number of rotatable bonds is 1. The van der Waals surface area contributed by atoms with Crippen molar-refractivity contribution in [3.05, 3.63) is 33.3 Å². The monoisotopic (exact) mass is 342 g/mol. The minimum absolute atomic E-state index is 0.114. The maximum absolute atomic E-state index is 12.5. The maximum Gasteiger partial charge on any atom is 0.253 e. The van der Waals surface area contributed by atoms with Crippen molar-refractivity contribution in [1.29, 1.82) is 0 Å². The normalized spacial score (nSPS) is 26.3. The van der Waals surface area contributed by atoms with Gasteiger partial charge in [0.2, 0.25) is 0 Å². The van der Waals surface area contributed by atoms with Crippen LogP contribution in [0.4, 0.5) is 0 Å². The molecule has 2 aliphatic rings. The number of benzene rings is 1. The lowest BCUT2D eigenvalue weighted by atomic mass is 9.93. The molecular formula is C14H16BrClN2O. The van der Waals surface area contributed by atoms with Crippen LogP contribution in [0.3, 0.4) is 0 Å². The molecule has 3 rings (SSSR count). The number of hydrogen-bond acceptors (Lipinski definition) is 2. The van der Waals surface area contributed by atoms with Crippen molar-refractivity contribution in [2.45, 2.75) is 18.9 Å². The second-order valence-corrected chi connectivity index (χ2v) is 6.54. The fourth-order valence-electron chi connectivity index (χ4n) is 3.04. The predicted molar refractivity (Wildman–Crippen MR) is 79.6 cm³/mol. The number of likely N-dealkylation sites (tertiary alicyclic amines) is 1.